The van der Waals surface area contributed by atoms with Crippen molar-refractivity contribution in [2.24, 2.45) is 0 Å². The van der Waals surface area contributed by atoms with E-state index in [1.807, 2.05) is 38.5 Å². The largest absolute Gasteiger partial charge is 0.378 e. The second-order valence-electron chi connectivity index (χ2n) is 3.77. The number of halogens is 1. The van der Waals surface area contributed by atoms with Crippen LogP contribution in [0.3, 0.4) is 0 Å². The van der Waals surface area contributed by atoms with Crippen LogP contribution in [-0.2, 0) is 0 Å². The normalized spacial score (nSPS) is 10.2. The van der Waals surface area contributed by atoms with Gasteiger partial charge in [-0.15, -0.1) is 0 Å². The predicted octanol–water partition coefficient (Wildman–Crippen LogP) is 3.58. The van der Waals surface area contributed by atoms with Gasteiger partial charge in [0.25, 0.3) is 0 Å². The van der Waals surface area contributed by atoms with E-state index in [9.17, 15) is 0 Å². The first-order valence-electron chi connectivity index (χ1n) is 5.07. The maximum absolute atomic E-state index is 4.36. The van der Waals surface area contributed by atoms with E-state index in [0.29, 0.717) is 0 Å². The van der Waals surface area contributed by atoms with Gasteiger partial charge in [0.05, 0.1) is 5.69 Å². The van der Waals surface area contributed by atoms with Gasteiger partial charge < -0.3 is 4.90 Å². The summed E-state index contributed by atoms with van der Waals surface area (Å²) in [6, 6.07) is 12.2. The lowest BCUT2D eigenvalue weighted by atomic mass is 10.1. The molecule has 1 aromatic carbocycles. The van der Waals surface area contributed by atoms with Crippen LogP contribution in [0.5, 0.6) is 0 Å². The Morgan fingerprint density at radius 1 is 1.12 bits per heavy atom. The smallest absolute Gasteiger partial charge is 0.0714 e. The van der Waals surface area contributed by atoms with Gasteiger partial charge in [0, 0.05) is 36.0 Å². The van der Waals surface area contributed by atoms with Crippen LogP contribution in [0.2, 0.25) is 0 Å². The molecule has 82 valence electrons. The van der Waals surface area contributed by atoms with Crippen molar-refractivity contribution in [1.29, 1.82) is 0 Å². The maximum Gasteiger partial charge on any atom is 0.0714 e. The fourth-order valence-electron chi connectivity index (χ4n) is 1.51. The second-order valence-corrected chi connectivity index (χ2v) is 4.63. The molecule has 0 aliphatic carbocycles. The van der Waals surface area contributed by atoms with Crippen LogP contribution < -0.4 is 4.90 Å². The van der Waals surface area contributed by atoms with E-state index in [2.05, 4.69) is 44.0 Å². The highest BCUT2D eigenvalue weighted by molar-refractivity contribution is 9.10. The quantitative estimate of drug-likeness (QED) is 0.834. The summed E-state index contributed by atoms with van der Waals surface area (Å²) in [4.78, 5) is 6.44. The molecule has 0 atom stereocenters. The Labute approximate surface area is 104 Å². The van der Waals surface area contributed by atoms with E-state index in [1.54, 1.807) is 0 Å². The zero-order valence-corrected chi connectivity index (χ0v) is 10.9. The van der Waals surface area contributed by atoms with Crippen molar-refractivity contribution in [2.75, 3.05) is 19.0 Å². The molecule has 0 saturated carbocycles. The summed E-state index contributed by atoms with van der Waals surface area (Å²) in [7, 11) is 4.07. The topological polar surface area (TPSA) is 16.1 Å². The van der Waals surface area contributed by atoms with Crippen molar-refractivity contribution >= 4 is 21.6 Å². The molecule has 1 heterocycles. The van der Waals surface area contributed by atoms with Crippen LogP contribution >= 0.6 is 15.9 Å². The van der Waals surface area contributed by atoms with Crippen molar-refractivity contribution in [3.8, 4) is 11.3 Å². The standard InChI is InChI=1S/C13H13BrN2/c1-16(2)10-6-7-12(14)11(9-10)13-5-3-4-8-15-13/h3-9H,1-2H3. The lowest BCUT2D eigenvalue weighted by Crippen LogP contribution is -2.08. The fraction of sp³-hybridized carbons (Fsp3) is 0.154. The molecule has 0 unspecified atom stereocenters. The summed E-state index contributed by atoms with van der Waals surface area (Å²) in [6.45, 7) is 0. The SMILES string of the molecule is CN(C)c1ccc(Br)c(-c2ccccn2)c1. The van der Waals surface area contributed by atoms with Crippen molar-refractivity contribution in [3.05, 3.63) is 47.1 Å². The van der Waals surface area contributed by atoms with E-state index in [0.717, 1.165) is 15.7 Å². The fourth-order valence-corrected chi connectivity index (χ4v) is 1.96. The molecule has 0 fully saturated rings. The maximum atomic E-state index is 4.36. The number of hydrogen-bond acceptors (Lipinski definition) is 2. The van der Waals surface area contributed by atoms with Crippen molar-refractivity contribution < 1.29 is 0 Å². The van der Waals surface area contributed by atoms with Crippen LogP contribution in [0.25, 0.3) is 11.3 Å². The van der Waals surface area contributed by atoms with E-state index >= 15 is 0 Å². The zero-order chi connectivity index (χ0) is 11.5. The van der Waals surface area contributed by atoms with Gasteiger partial charge in [-0.3, -0.25) is 4.98 Å². The van der Waals surface area contributed by atoms with E-state index in [1.165, 1.54) is 5.69 Å². The lowest BCUT2D eigenvalue weighted by molar-refractivity contribution is 1.13. The van der Waals surface area contributed by atoms with Gasteiger partial charge in [0.1, 0.15) is 0 Å². The van der Waals surface area contributed by atoms with Gasteiger partial charge in [-0.25, -0.2) is 0 Å². The van der Waals surface area contributed by atoms with E-state index < -0.39 is 0 Å². The van der Waals surface area contributed by atoms with Gasteiger partial charge in [0.2, 0.25) is 0 Å². The first-order chi connectivity index (χ1) is 7.68. The third-order valence-electron chi connectivity index (χ3n) is 2.41. The Balaban J connectivity index is 2.52. The monoisotopic (exact) mass is 276 g/mol. The summed E-state index contributed by atoms with van der Waals surface area (Å²) in [5.74, 6) is 0. The third kappa shape index (κ3) is 2.25. The molecular formula is C13H13BrN2. The zero-order valence-electron chi connectivity index (χ0n) is 9.31. The number of nitrogens with zero attached hydrogens (tertiary/aromatic N) is 2. The van der Waals surface area contributed by atoms with Gasteiger partial charge in [-0.1, -0.05) is 22.0 Å². The van der Waals surface area contributed by atoms with Crippen LogP contribution in [0, 0.1) is 0 Å². The number of hydrogen-bond donors (Lipinski definition) is 0. The molecule has 3 heteroatoms. The Morgan fingerprint density at radius 3 is 2.56 bits per heavy atom. The summed E-state index contributed by atoms with van der Waals surface area (Å²) in [5, 5.41) is 0. The van der Waals surface area contributed by atoms with Crippen molar-refractivity contribution in [3.63, 3.8) is 0 Å². The molecule has 2 aromatic rings. The van der Waals surface area contributed by atoms with Crippen molar-refractivity contribution in [1.82, 2.24) is 4.98 Å². The summed E-state index contributed by atoms with van der Waals surface area (Å²) < 4.78 is 1.07. The molecule has 2 nitrogen and oxygen atoms in total. The minimum Gasteiger partial charge on any atom is -0.378 e. The molecule has 0 aliphatic rings. The van der Waals surface area contributed by atoms with Crippen LogP contribution in [-0.4, -0.2) is 19.1 Å². The van der Waals surface area contributed by atoms with Gasteiger partial charge in [0.15, 0.2) is 0 Å². The van der Waals surface area contributed by atoms with E-state index in [4.69, 9.17) is 0 Å². The third-order valence-corrected chi connectivity index (χ3v) is 3.10. The number of pyridine rings is 1. The Hall–Kier alpha value is -1.35. The Kier molecular flexibility index (Phi) is 3.25. The minimum atomic E-state index is 0.984. The molecule has 0 radical (unpaired) electrons. The number of anilines is 1. The van der Waals surface area contributed by atoms with Crippen LogP contribution in [0.15, 0.2) is 47.1 Å². The van der Waals surface area contributed by atoms with E-state index in [-0.39, 0.29) is 0 Å². The molecule has 0 spiro atoms. The molecular weight excluding hydrogens is 264 g/mol. The van der Waals surface area contributed by atoms with Gasteiger partial charge >= 0.3 is 0 Å². The molecule has 0 saturated heterocycles. The molecule has 0 aliphatic heterocycles. The Bertz CT molecular complexity index is 481. The van der Waals surface area contributed by atoms with Gasteiger partial charge in [-0.05, 0) is 30.3 Å². The van der Waals surface area contributed by atoms with Crippen molar-refractivity contribution in [2.45, 2.75) is 0 Å². The molecule has 0 N–H and O–H groups in total. The highest BCUT2D eigenvalue weighted by Gasteiger charge is 2.06. The number of rotatable bonds is 2. The summed E-state index contributed by atoms with van der Waals surface area (Å²) in [5.41, 5.74) is 3.27. The molecule has 0 amide bonds. The lowest BCUT2D eigenvalue weighted by Gasteiger charge is -2.14. The second kappa shape index (κ2) is 4.66. The Morgan fingerprint density at radius 2 is 1.94 bits per heavy atom. The van der Waals surface area contributed by atoms with Crippen LogP contribution in [0.4, 0.5) is 5.69 Å². The first kappa shape index (κ1) is 11.1. The first-order valence-corrected chi connectivity index (χ1v) is 5.86. The molecule has 16 heavy (non-hydrogen) atoms. The molecule has 0 bridgehead atoms. The van der Waals surface area contributed by atoms with Crippen LogP contribution in [0.1, 0.15) is 0 Å². The molecule has 2 rings (SSSR count). The number of aromatic nitrogens is 1. The summed E-state index contributed by atoms with van der Waals surface area (Å²) >= 11 is 3.56. The van der Waals surface area contributed by atoms with Gasteiger partial charge in [-0.2, -0.15) is 0 Å². The average molecular weight is 277 g/mol. The highest BCUT2D eigenvalue weighted by Crippen LogP contribution is 2.30. The summed E-state index contributed by atoms with van der Waals surface area (Å²) in [6.07, 6.45) is 1.81. The molecule has 1 aromatic heterocycles. The predicted molar refractivity (Wildman–Crippen MR) is 71.7 cm³/mol. The average Bonchev–Trinajstić information content (AvgIpc) is 2.30. The highest BCUT2D eigenvalue weighted by atomic mass is 79.9. The minimum absolute atomic E-state index is 0.984. The number of benzene rings is 1.